The van der Waals surface area contributed by atoms with Crippen LogP contribution in [0.25, 0.3) is 0 Å². The van der Waals surface area contributed by atoms with Gasteiger partial charge < -0.3 is 9.64 Å². The summed E-state index contributed by atoms with van der Waals surface area (Å²) in [7, 11) is 0. The fourth-order valence-electron chi connectivity index (χ4n) is 4.03. The molecule has 3 rings (SSSR count). The maximum atomic E-state index is 13.2. The van der Waals surface area contributed by atoms with E-state index in [0.29, 0.717) is 19.4 Å². The molecule has 2 fully saturated rings. The van der Waals surface area contributed by atoms with Crippen molar-refractivity contribution in [1.29, 1.82) is 0 Å². The highest BCUT2D eigenvalue weighted by Gasteiger charge is 2.37. The first-order valence-corrected chi connectivity index (χ1v) is 9.83. The van der Waals surface area contributed by atoms with E-state index in [1.165, 1.54) is 17.2 Å². The van der Waals surface area contributed by atoms with Crippen molar-refractivity contribution >= 4 is 17.6 Å². The lowest BCUT2D eigenvalue weighted by atomic mass is 9.86. The average Bonchev–Trinajstić information content (AvgIpc) is 2.72. The van der Waals surface area contributed by atoms with Gasteiger partial charge in [-0.25, -0.2) is 4.98 Å². The molecule has 0 spiro atoms. The summed E-state index contributed by atoms with van der Waals surface area (Å²) in [5.41, 5.74) is -0.809. The number of esters is 1. The number of carbonyl (C=O) groups is 2. The topological polar surface area (TPSA) is 59.5 Å². The quantitative estimate of drug-likeness (QED) is 0.702. The molecular weight excluding hydrogens is 373 g/mol. The molecule has 5 nitrogen and oxygen atoms in total. The lowest BCUT2D eigenvalue weighted by molar-refractivity contribution is -0.153. The van der Waals surface area contributed by atoms with Gasteiger partial charge in [0.25, 0.3) is 0 Å². The highest BCUT2D eigenvalue weighted by atomic mass is 19.4. The molecule has 1 aromatic rings. The third-order valence-corrected chi connectivity index (χ3v) is 5.56. The van der Waals surface area contributed by atoms with E-state index < -0.39 is 23.6 Å². The summed E-state index contributed by atoms with van der Waals surface area (Å²) in [6, 6.07) is 2.24. The summed E-state index contributed by atoms with van der Waals surface area (Å²) in [6.45, 7) is 0.263. The maximum absolute atomic E-state index is 13.2. The summed E-state index contributed by atoms with van der Waals surface area (Å²) >= 11 is 0. The Labute approximate surface area is 162 Å². The number of piperidine rings is 1. The molecule has 1 aromatic heterocycles. The molecule has 0 radical (unpaired) electrons. The van der Waals surface area contributed by atoms with Gasteiger partial charge in [0.15, 0.2) is 5.78 Å². The van der Waals surface area contributed by atoms with Gasteiger partial charge in [-0.05, 0) is 37.8 Å². The van der Waals surface area contributed by atoms with Crippen molar-refractivity contribution < 1.29 is 27.5 Å². The van der Waals surface area contributed by atoms with Crippen LogP contribution in [0.4, 0.5) is 19.0 Å². The van der Waals surface area contributed by atoms with Crippen molar-refractivity contribution in [3.05, 3.63) is 23.9 Å². The zero-order chi connectivity index (χ0) is 20.1. The summed E-state index contributed by atoms with van der Waals surface area (Å²) in [5, 5.41) is 0. The zero-order valence-corrected chi connectivity index (χ0v) is 15.7. The van der Waals surface area contributed by atoms with E-state index in [9.17, 15) is 22.8 Å². The lowest BCUT2D eigenvalue weighted by Gasteiger charge is -2.33. The van der Waals surface area contributed by atoms with Crippen LogP contribution in [0.3, 0.4) is 0 Å². The summed E-state index contributed by atoms with van der Waals surface area (Å²) in [5.74, 6) is -1.32. The monoisotopic (exact) mass is 398 g/mol. The average molecular weight is 398 g/mol. The van der Waals surface area contributed by atoms with Gasteiger partial charge in [-0.1, -0.05) is 19.3 Å². The number of halogens is 3. The number of pyridine rings is 1. The van der Waals surface area contributed by atoms with Crippen LogP contribution in [0.2, 0.25) is 0 Å². The van der Waals surface area contributed by atoms with E-state index in [-0.39, 0.29) is 30.7 Å². The molecule has 1 unspecified atom stereocenters. The van der Waals surface area contributed by atoms with E-state index in [2.05, 4.69) is 4.98 Å². The first-order valence-electron chi connectivity index (χ1n) is 9.83. The normalized spacial score (nSPS) is 21.4. The summed E-state index contributed by atoms with van der Waals surface area (Å²) < 4.78 is 45.0. The van der Waals surface area contributed by atoms with Gasteiger partial charge in [0.2, 0.25) is 0 Å². The number of hydrogen-bond donors (Lipinski definition) is 0. The van der Waals surface area contributed by atoms with Crippen LogP contribution < -0.4 is 4.90 Å². The highest BCUT2D eigenvalue weighted by molar-refractivity contribution is 5.85. The van der Waals surface area contributed by atoms with E-state index in [1.54, 1.807) is 0 Å². The molecule has 2 aliphatic rings. The Bertz CT molecular complexity index is 702. The van der Waals surface area contributed by atoms with Crippen LogP contribution in [0, 0.1) is 11.8 Å². The Balaban J connectivity index is 1.59. The minimum Gasteiger partial charge on any atom is -0.457 e. The molecule has 1 aliphatic heterocycles. The molecule has 1 aliphatic carbocycles. The number of nitrogens with zero attached hydrogens (tertiary/aromatic N) is 2. The molecule has 154 valence electrons. The van der Waals surface area contributed by atoms with Crippen molar-refractivity contribution in [2.24, 2.45) is 11.8 Å². The van der Waals surface area contributed by atoms with Gasteiger partial charge in [0.1, 0.15) is 12.4 Å². The Morgan fingerprint density at radius 3 is 2.54 bits per heavy atom. The lowest BCUT2D eigenvalue weighted by Crippen LogP contribution is -2.41. The minimum absolute atomic E-state index is 0.0349. The van der Waals surface area contributed by atoms with Gasteiger partial charge in [0, 0.05) is 25.2 Å². The number of ether oxygens (including phenoxy) is 1. The van der Waals surface area contributed by atoms with Crippen molar-refractivity contribution in [2.45, 2.75) is 51.1 Å². The van der Waals surface area contributed by atoms with Crippen molar-refractivity contribution in [3.63, 3.8) is 0 Å². The molecule has 28 heavy (non-hydrogen) atoms. The van der Waals surface area contributed by atoms with Crippen molar-refractivity contribution in [2.75, 3.05) is 24.6 Å². The van der Waals surface area contributed by atoms with Gasteiger partial charge in [0.05, 0.1) is 11.5 Å². The second kappa shape index (κ2) is 8.92. The number of Topliss-reactive ketones (excluding diaryl/α,β-unsaturated/α-hetero) is 1. The standard InChI is InChI=1S/C20H25F3N2O3/c21-20(22,23)16-9-4-10-24-18(16)25-11-5-8-15(12-25)19(27)28-13-17(26)14-6-2-1-3-7-14/h4,9-10,14-15H,1-3,5-8,11-13H2. The van der Waals surface area contributed by atoms with Crippen LogP contribution in [0.5, 0.6) is 0 Å². The minimum atomic E-state index is -4.51. The van der Waals surface area contributed by atoms with Crippen molar-refractivity contribution in [1.82, 2.24) is 4.98 Å². The molecule has 0 aromatic carbocycles. The van der Waals surface area contributed by atoms with Gasteiger partial charge in [-0.2, -0.15) is 13.2 Å². The van der Waals surface area contributed by atoms with Gasteiger partial charge >= 0.3 is 12.1 Å². The molecule has 0 amide bonds. The van der Waals surface area contributed by atoms with E-state index in [0.717, 1.165) is 38.2 Å². The maximum Gasteiger partial charge on any atom is 0.419 e. The fraction of sp³-hybridized carbons (Fsp3) is 0.650. The summed E-state index contributed by atoms with van der Waals surface area (Å²) in [4.78, 5) is 30.0. The van der Waals surface area contributed by atoms with E-state index >= 15 is 0 Å². The van der Waals surface area contributed by atoms with Crippen LogP contribution in [-0.4, -0.2) is 36.4 Å². The van der Waals surface area contributed by atoms with Gasteiger partial charge in [-0.3, -0.25) is 9.59 Å². The predicted molar refractivity (Wildman–Crippen MR) is 96.7 cm³/mol. The Morgan fingerprint density at radius 2 is 1.82 bits per heavy atom. The third-order valence-electron chi connectivity index (χ3n) is 5.56. The second-order valence-corrected chi connectivity index (χ2v) is 7.57. The molecule has 8 heteroatoms. The molecule has 1 saturated carbocycles. The molecule has 2 heterocycles. The number of hydrogen-bond acceptors (Lipinski definition) is 5. The zero-order valence-electron chi connectivity index (χ0n) is 15.7. The highest BCUT2D eigenvalue weighted by Crippen LogP contribution is 2.36. The predicted octanol–water partition coefficient (Wildman–Crippen LogP) is 4.01. The number of carbonyl (C=O) groups excluding carboxylic acids is 2. The van der Waals surface area contributed by atoms with Crippen LogP contribution in [-0.2, 0) is 20.5 Å². The molecule has 0 N–H and O–H groups in total. The van der Waals surface area contributed by atoms with Crippen LogP contribution in [0.15, 0.2) is 18.3 Å². The molecule has 1 saturated heterocycles. The Hall–Kier alpha value is -2.12. The molecule has 0 bridgehead atoms. The van der Waals surface area contributed by atoms with E-state index in [1.807, 2.05) is 0 Å². The first-order chi connectivity index (χ1) is 13.4. The third kappa shape index (κ3) is 5.02. The van der Waals surface area contributed by atoms with Gasteiger partial charge in [-0.15, -0.1) is 0 Å². The molecule has 1 atom stereocenters. The van der Waals surface area contributed by atoms with Crippen molar-refractivity contribution in [3.8, 4) is 0 Å². The largest absolute Gasteiger partial charge is 0.457 e. The Morgan fingerprint density at radius 1 is 1.11 bits per heavy atom. The van der Waals surface area contributed by atoms with Crippen LogP contribution in [0.1, 0.15) is 50.5 Å². The number of ketones is 1. The smallest absolute Gasteiger partial charge is 0.419 e. The SMILES string of the molecule is O=C(COC(=O)C1CCCN(c2ncccc2C(F)(F)F)C1)C1CCCCC1. The molecular formula is C20H25F3N2O3. The number of alkyl halides is 3. The second-order valence-electron chi connectivity index (χ2n) is 7.57. The van der Waals surface area contributed by atoms with Crippen LogP contribution >= 0.6 is 0 Å². The fourth-order valence-corrected chi connectivity index (χ4v) is 4.03. The Kier molecular flexibility index (Phi) is 6.57. The number of anilines is 1. The summed E-state index contributed by atoms with van der Waals surface area (Å²) in [6.07, 6.45) is 2.75. The van der Waals surface area contributed by atoms with E-state index in [4.69, 9.17) is 4.74 Å². The number of aromatic nitrogens is 1. The number of rotatable bonds is 5. The first kappa shape index (κ1) is 20.6.